The predicted octanol–water partition coefficient (Wildman–Crippen LogP) is 8.46. The van der Waals surface area contributed by atoms with Gasteiger partial charge in [0.25, 0.3) is 0 Å². The van der Waals surface area contributed by atoms with Crippen LogP contribution in [0.5, 0.6) is 0 Å². The number of benzene rings is 5. The van der Waals surface area contributed by atoms with Crippen LogP contribution in [0, 0.1) is 0 Å². The average Bonchev–Trinajstić information content (AvgIpc) is 2.89. The van der Waals surface area contributed by atoms with Crippen LogP contribution in [0.3, 0.4) is 0 Å². The largest absolute Gasteiger partial charge is 0.344 e. The van der Waals surface area contributed by atoms with E-state index in [1.165, 1.54) is 44.8 Å². The molecule has 5 aromatic rings. The highest BCUT2D eigenvalue weighted by atomic mass is 15.1. The normalized spacial score (nSPS) is 10.7. The monoisotopic (exact) mass is 411 g/mol. The molecule has 0 aliphatic carbocycles. The molecule has 1 nitrogen and oxygen atoms in total. The molecule has 0 spiro atoms. The SMILES string of the molecule is CN(c1ccccc1-c1ccccc1)c1ccccc1-c1ccccc1-c1ccccc1. The van der Waals surface area contributed by atoms with E-state index >= 15 is 0 Å². The molecule has 0 aliphatic heterocycles. The standard InChI is InChI=1S/C31H25N/c1-32(30-22-12-10-19-27(30)25-16-6-3-7-17-25)31-23-13-11-21-29(31)28-20-9-8-18-26(28)24-14-4-2-5-15-24/h2-23H,1H3. The zero-order chi connectivity index (χ0) is 21.8. The number of hydrogen-bond acceptors (Lipinski definition) is 1. The summed E-state index contributed by atoms with van der Waals surface area (Å²) in [6.45, 7) is 0. The van der Waals surface area contributed by atoms with Crippen molar-refractivity contribution < 1.29 is 0 Å². The van der Waals surface area contributed by atoms with Crippen LogP contribution in [0.1, 0.15) is 0 Å². The molecule has 154 valence electrons. The van der Waals surface area contributed by atoms with E-state index in [1.54, 1.807) is 0 Å². The maximum atomic E-state index is 2.30. The van der Waals surface area contributed by atoms with Gasteiger partial charge in [-0.15, -0.1) is 0 Å². The zero-order valence-electron chi connectivity index (χ0n) is 18.1. The summed E-state index contributed by atoms with van der Waals surface area (Å²) in [6, 6.07) is 47.1. The molecule has 0 saturated carbocycles. The van der Waals surface area contributed by atoms with Crippen molar-refractivity contribution in [2.75, 3.05) is 11.9 Å². The molecule has 0 amide bonds. The second kappa shape index (κ2) is 8.95. The Morgan fingerprint density at radius 3 is 1.31 bits per heavy atom. The van der Waals surface area contributed by atoms with Crippen LogP contribution in [0.2, 0.25) is 0 Å². The van der Waals surface area contributed by atoms with Crippen LogP contribution < -0.4 is 4.90 Å². The van der Waals surface area contributed by atoms with E-state index in [1.807, 2.05) is 0 Å². The fraction of sp³-hybridized carbons (Fsp3) is 0.0323. The van der Waals surface area contributed by atoms with Crippen molar-refractivity contribution in [3.8, 4) is 33.4 Å². The molecular weight excluding hydrogens is 386 g/mol. The maximum Gasteiger partial charge on any atom is 0.0488 e. The van der Waals surface area contributed by atoms with Crippen molar-refractivity contribution in [3.63, 3.8) is 0 Å². The number of nitrogens with zero attached hydrogens (tertiary/aromatic N) is 1. The molecule has 0 radical (unpaired) electrons. The number of hydrogen-bond donors (Lipinski definition) is 0. The Hall–Kier alpha value is -4.10. The van der Waals surface area contributed by atoms with Crippen LogP contribution >= 0.6 is 0 Å². The maximum absolute atomic E-state index is 2.30. The summed E-state index contributed by atoms with van der Waals surface area (Å²) in [6.07, 6.45) is 0. The van der Waals surface area contributed by atoms with E-state index in [0.29, 0.717) is 0 Å². The van der Waals surface area contributed by atoms with Crippen molar-refractivity contribution in [1.29, 1.82) is 0 Å². The lowest BCUT2D eigenvalue weighted by molar-refractivity contribution is 1.21. The first-order valence-electron chi connectivity index (χ1n) is 10.9. The summed E-state index contributed by atoms with van der Waals surface area (Å²) < 4.78 is 0. The summed E-state index contributed by atoms with van der Waals surface area (Å²) >= 11 is 0. The lowest BCUT2D eigenvalue weighted by atomic mass is 9.93. The average molecular weight is 412 g/mol. The van der Waals surface area contributed by atoms with Crippen LogP contribution in [0.4, 0.5) is 11.4 Å². The van der Waals surface area contributed by atoms with Crippen molar-refractivity contribution in [1.82, 2.24) is 0 Å². The van der Waals surface area contributed by atoms with E-state index in [4.69, 9.17) is 0 Å². The van der Waals surface area contributed by atoms with E-state index in [0.717, 1.165) is 0 Å². The molecule has 0 aromatic heterocycles. The van der Waals surface area contributed by atoms with Crippen molar-refractivity contribution in [2.45, 2.75) is 0 Å². The highest BCUT2D eigenvalue weighted by molar-refractivity contribution is 5.93. The van der Waals surface area contributed by atoms with Gasteiger partial charge < -0.3 is 4.90 Å². The fourth-order valence-corrected chi connectivity index (χ4v) is 4.34. The molecular formula is C31H25N. The molecule has 0 N–H and O–H groups in total. The van der Waals surface area contributed by atoms with Gasteiger partial charge in [0.1, 0.15) is 0 Å². The first-order chi connectivity index (χ1) is 15.8. The van der Waals surface area contributed by atoms with Gasteiger partial charge >= 0.3 is 0 Å². The minimum Gasteiger partial charge on any atom is -0.344 e. The molecule has 5 rings (SSSR count). The van der Waals surface area contributed by atoms with Gasteiger partial charge in [0, 0.05) is 29.5 Å². The Balaban J connectivity index is 1.65. The highest BCUT2D eigenvalue weighted by Crippen LogP contribution is 2.41. The lowest BCUT2D eigenvalue weighted by Crippen LogP contribution is -2.12. The van der Waals surface area contributed by atoms with Crippen molar-refractivity contribution >= 4 is 11.4 Å². The molecule has 1 heteroatoms. The topological polar surface area (TPSA) is 3.24 Å². The molecule has 0 saturated heterocycles. The van der Waals surface area contributed by atoms with Gasteiger partial charge in [-0.25, -0.2) is 0 Å². The predicted molar refractivity (Wildman–Crippen MR) is 137 cm³/mol. The molecule has 5 aromatic carbocycles. The van der Waals surface area contributed by atoms with Crippen LogP contribution in [0.25, 0.3) is 33.4 Å². The molecule has 0 fully saturated rings. The quantitative estimate of drug-likeness (QED) is 0.280. The Morgan fingerprint density at radius 1 is 0.344 bits per heavy atom. The van der Waals surface area contributed by atoms with Gasteiger partial charge in [-0.3, -0.25) is 0 Å². The van der Waals surface area contributed by atoms with Crippen LogP contribution in [0.15, 0.2) is 133 Å². The lowest BCUT2D eigenvalue weighted by Gasteiger charge is -2.26. The molecule has 0 aliphatic rings. The molecule has 0 bridgehead atoms. The Morgan fingerprint density at radius 2 is 0.719 bits per heavy atom. The summed E-state index contributed by atoms with van der Waals surface area (Å²) in [4.78, 5) is 2.30. The highest BCUT2D eigenvalue weighted by Gasteiger charge is 2.16. The third-order valence-corrected chi connectivity index (χ3v) is 5.92. The van der Waals surface area contributed by atoms with E-state index in [2.05, 4.69) is 145 Å². The van der Waals surface area contributed by atoms with Gasteiger partial charge in [-0.05, 0) is 34.4 Å². The summed E-state index contributed by atoms with van der Waals surface area (Å²) in [5, 5.41) is 0. The minimum absolute atomic E-state index is 1.18. The number of para-hydroxylation sites is 2. The zero-order valence-corrected chi connectivity index (χ0v) is 18.1. The third kappa shape index (κ3) is 3.81. The second-order valence-corrected chi connectivity index (χ2v) is 7.87. The van der Waals surface area contributed by atoms with Gasteiger partial charge in [0.15, 0.2) is 0 Å². The summed E-state index contributed by atoms with van der Waals surface area (Å²) in [5.41, 5.74) is 9.73. The second-order valence-electron chi connectivity index (χ2n) is 7.87. The fourth-order valence-electron chi connectivity index (χ4n) is 4.34. The first-order valence-corrected chi connectivity index (χ1v) is 10.9. The Bertz CT molecular complexity index is 1320. The summed E-state index contributed by atoms with van der Waals surface area (Å²) in [7, 11) is 2.16. The molecule has 32 heavy (non-hydrogen) atoms. The first kappa shape index (κ1) is 19.8. The van der Waals surface area contributed by atoms with Gasteiger partial charge in [0.05, 0.1) is 0 Å². The van der Waals surface area contributed by atoms with E-state index < -0.39 is 0 Å². The van der Waals surface area contributed by atoms with E-state index in [9.17, 15) is 0 Å². The number of anilines is 2. The van der Waals surface area contributed by atoms with Crippen molar-refractivity contribution in [3.05, 3.63) is 133 Å². The minimum atomic E-state index is 1.18. The van der Waals surface area contributed by atoms with E-state index in [-0.39, 0.29) is 0 Å². The van der Waals surface area contributed by atoms with Crippen LogP contribution in [-0.4, -0.2) is 7.05 Å². The summed E-state index contributed by atoms with van der Waals surface area (Å²) in [5.74, 6) is 0. The van der Waals surface area contributed by atoms with Crippen LogP contribution in [-0.2, 0) is 0 Å². The third-order valence-electron chi connectivity index (χ3n) is 5.92. The molecule has 0 unspecified atom stereocenters. The molecule has 0 heterocycles. The Kier molecular flexibility index (Phi) is 5.55. The van der Waals surface area contributed by atoms with Gasteiger partial charge in [-0.1, -0.05) is 121 Å². The smallest absolute Gasteiger partial charge is 0.0488 e. The molecule has 0 atom stereocenters. The number of rotatable bonds is 5. The van der Waals surface area contributed by atoms with Gasteiger partial charge in [-0.2, -0.15) is 0 Å². The van der Waals surface area contributed by atoms with Crippen molar-refractivity contribution in [2.24, 2.45) is 0 Å². The van der Waals surface area contributed by atoms with Gasteiger partial charge in [0.2, 0.25) is 0 Å². The Labute approximate surface area is 190 Å².